The number of hydrogen-bond donors (Lipinski definition) is 3. The first-order valence-electron chi connectivity index (χ1n) is 13.6. The van der Waals surface area contributed by atoms with Crippen molar-refractivity contribution in [2.75, 3.05) is 32.1 Å². The summed E-state index contributed by atoms with van der Waals surface area (Å²) in [5.74, 6) is -1.27. The number of nitrogens with one attached hydrogen (secondary N) is 3. The highest BCUT2D eigenvalue weighted by atomic mass is 32.2. The Labute approximate surface area is 254 Å². The number of nitrogens with zero attached hydrogens (tertiary/aromatic N) is 2. The van der Waals surface area contributed by atoms with Gasteiger partial charge in [-0.15, -0.1) is 11.3 Å². The third-order valence-corrected chi connectivity index (χ3v) is 9.87. The Bertz CT molecular complexity index is 1610. The SMILES string of the molecule is CCOC(=O)N1CCc2c(sc(NC(=O)c3ccc(S(=O)(=O)N(CC)Cc4ccccc4)cc3)c2C(=O)NC(=O)NC)C1. The normalized spacial score (nSPS) is 12.8. The van der Waals surface area contributed by atoms with Gasteiger partial charge in [-0.05, 0) is 48.7 Å². The van der Waals surface area contributed by atoms with Crippen molar-refractivity contribution >= 4 is 50.3 Å². The highest BCUT2D eigenvalue weighted by Gasteiger charge is 2.32. The standard InChI is InChI=1S/C29H33N5O7S2/c1-4-34(17-19-9-7-6-8-10-19)43(39,40)21-13-11-20(12-14-21)25(35)31-27-24(26(36)32-28(37)30-3)22-15-16-33(18-23(22)42-27)29(38)41-5-2/h6-14H,4-5,15-18H2,1-3H3,(H,31,35)(H2,30,32,36,37). The predicted molar refractivity (Wildman–Crippen MR) is 161 cm³/mol. The van der Waals surface area contributed by atoms with Crippen LogP contribution in [0.5, 0.6) is 0 Å². The summed E-state index contributed by atoms with van der Waals surface area (Å²) in [5.41, 5.74) is 1.78. The molecule has 43 heavy (non-hydrogen) atoms. The van der Waals surface area contributed by atoms with Crippen LogP contribution in [0.1, 0.15) is 50.6 Å². The lowest BCUT2D eigenvalue weighted by atomic mass is 10.0. The maximum absolute atomic E-state index is 13.3. The van der Waals surface area contributed by atoms with Gasteiger partial charge >= 0.3 is 12.1 Å². The zero-order valence-electron chi connectivity index (χ0n) is 24.0. The molecule has 0 aliphatic carbocycles. The van der Waals surface area contributed by atoms with Crippen molar-refractivity contribution in [1.82, 2.24) is 19.8 Å². The first-order valence-corrected chi connectivity index (χ1v) is 15.9. The number of fused-ring (bicyclic) bond motifs is 1. The number of sulfonamides is 1. The molecule has 4 rings (SSSR count). The Balaban J connectivity index is 1.57. The van der Waals surface area contributed by atoms with Gasteiger partial charge in [0, 0.05) is 37.1 Å². The Hall–Kier alpha value is -4.27. The van der Waals surface area contributed by atoms with E-state index in [1.165, 1.54) is 40.5 Å². The van der Waals surface area contributed by atoms with E-state index in [0.717, 1.165) is 16.9 Å². The van der Waals surface area contributed by atoms with Crippen molar-refractivity contribution in [2.24, 2.45) is 0 Å². The maximum atomic E-state index is 13.3. The van der Waals surface area contributed by atoms with Gasteiger partial charge in [-0.2, -0.15) is 4.31 Å². The second-order valence-corrected chi connectivity index (χ2v) is 12.6. The number of thiophene rings is 1. The number of amides is 5. The van der Waals surface area contributed by atoms with E-state index in [4.69, 9.17) is 4.74 Å². The van der Waals surface area contributed by atoms with Gasteiger partial charge in [0.1, 0.15) is 5.00 Å². The number of hydrogen-bond acceptors (Lipinski definition) is 8. The molecule has 5 amide bonds. The number of ether oxygens (including phenoxy) is 1. The molecule has 0 fully saturated rings. The molecule has 1 aliphatic rings. The first kappa shape index (κ1) is 31.7. The monoisotopic (exact) mass is 627 g/mol. The van der Waals surface area contributed by atoms with Crippen molar-refractivity contribution < 1.29 is 32.3 Å². The van der Waals surface area contributed by atoms with E-state index < -0.39 is 34.0 Å². The van der Waals surface area contributed by atoms with E-state index in [2.05, 4.69) is 16.0 Å². The van der Waals surface area contributed by atoms with Crippen molar-refractivity contribution in [2.45, 2.75) is 38.3 Å². The van der Waals surface area contributed by atoms with Crippen LogP contribution in [-0.2, 0) is 34.3 Å². The van der Waals surface area contributed by atoms with Gasteiger partial charge in [0.25, 0.3) is 11.8 Å². The zero-order chi connectivity index (χ0) is 31.1. The fourth-order valence-corrected chi connectivity index (χ4v) is 7.28. The van der Waals surface area contributed by atoms with Gasteiger partial charge in [0.2, 0.25) is 10.0 Å². The summed E-state index contributed by atoms with van der Waals surface area (Å²) in [4.78, 5) is 52.8. The molecule has 0 atom stereocenters. The highest BCUT2D eigenvalue weighted by molar-refractivity contribution is 7.89. The molecule has 0 bridgehead atoms. The zero-order valence-corrected chi connectivity index (χ0v) is 25.6. The van der Waals surface area contributed by atoms with Gasteiger partial charge < -0.3 is 20.3 Å². The summed E-state index contributed by atoms with van der Waals surface area (Å²) in [6.07, 6.45) is -0.163. The van der Waals surface area contributed by atoms with Crippen molar-refractivity contribution in [3.05, 3.63) is 81.7 Å². The lowest BCUT2D eigenvalue weighted by molar-refractivity contribution is 0.0963. The smallest absolute Gasteiger partial charge is 0.410 e. The molecule has 1 aliphatic heterocycles. The fraction of sp³-hybridized carbons (Fsp3) is 0.310. The molecule has 0 saturated heterocycles. The first-order chi connectivity index (χ1) is 20.6. The molecule has 2 aromatic carbocycles. The van der Waals surface area contributed by atoms with Crippen molar-refractivity contribution in [3.8, 4) is 0 Å². The van der Waals surface area contributed by atoms with Crippen LogP contribution in [0.4, 0.5) is 14.6 Å². The molecule has 12 nitrogen and oxygen atoms in total. The van der Waals surface area contributed by atoms with Crippen molar-refractivity contribution in [3.63, 3.8) is 0 Å². The van der Waals surface area contributed by atoms with Gasteiger partial charge in [0.05, 0.1) is 23.6 Å². The second-order valence-electron chi connectivity index (χ2n) is 9.51. The molecule has 3 aromatic rings. The molecule has 2 heterocycles. The molecule has 0 unspecified atom stereocenters. The van der Waals surface area contributed by atoms with Crippen LogP contribution in [-0.4, -0.2) is 68.3 Å². The van der Waals surface area contributed by atoms with E-state index in [0.29, 0.717) is 23.4 Å². The minimum Gasteiger partial charge on any atom is -0.450 e. The number of imide groups is 1. The topological polar surface area (TPSA) is 154 Å². The maximum Gasteiger partial charge on any atom is 0.410 e. The Morgan fingerprint density at radius 2 is 1.70 bits per heavy atom. The van der Waals surface area contributed by atoms with E-state index in [-0.39, 0.29) is 47.3 Å². The fourth-order valence-electron chi connectivity index (χ4n) is 4.59. The number of anilines is 1. The van der Waals surface area contributed by atoms with Gasteiger partial charge in [-0.25, -0.2) is 18.0 Å². The third-order valence-electron chi connectivity index (χ3n) is 6.80. The van der Waals surface area contributed by atoms with E-state index in [9.17, 15) is 27.6 Å². The number of benzene rings is 2. The predicted octanol–water partition coefficient (Wildman–Crippen LogP) is 3.80. The second kappa shape index (κ2) is 13.8. The summed E-state index contributed by atoms with van der Waals surface area (Å²) in [6, 6.07) is 14.1. The molecule has 3 N–H and O–H groups in total. The molecule has 0 saturated carbocycles. The Kier molecular flexibility index (Phi) is 10.2. The summed E-state index contributed by atoms with van der Waals surface area (Å²) in [5, 5.41) is 7.51. The lowest BCUT2D eigenvalue weighted by Crippen LogP contribution is -2.39. The molecule has 0 radical (unpaired) electrons. The average Bonchev–Trinajstić information content (AvgIpc) is 3.37. The van der Waals surface area contributed by atoms with E-state index >= 15 is 0 Å². The Morgan fingerprint density at radius 3 is 2.33 bits per heavy atom. The van der Waals surface area contributed by atoms with Crippen LogP contribution < -0.4 is 16.0 Å². The van der Waals surface area contributed by atoms with Crippen LogP contribution in [0.25, 0.3) is 0 Å². The van der Waals surface area contributed by atoms with Crippen molar-refractivity contribution in [1.29, 1.82) is 0 Å². The van der Waals surface area contributed by atoms with E-state index in [1.54, 1.807) is 13.8 Å². The van der Waals surface area contributed by atoms with Crippen LogP contribution >= 0.6 is 11.3 Å². The quantitative estimate of drug-likeness (QED) is 0.326. The number of urea groups is 1. The van der Waals surface area contributed by atoms with Gasteiger partial charge in [-0.3, -0.25) is 14.9 Å². The molecular formula is C29H33N5O7S2. The minimum absolute atomic E-state index is 0.0399. The summed E-state index contributed by atoms with van der Waals surface area (Å²) < 4.78 is 33.1. The van der Waals surface area contributed by atoms with E-state index in [1.807, 2.05) is 30.3 Å². The summed E-state index contributed by atoms with van der Waals surface area (Å²) in [6.45, 7) is 4.63. The lowest BCUT2D eigenvalue weighted by Gasteiger charge is -2.26. The highest BCUT2D eigenvalue weighted by Crippen LogP contribution is 2.37. The summed E-state index contributed by atoms with van der Waals surface area (Å²) in [7, 11) is -2.46. The summed E-state index contributed by atoms with van der Waals surface area (Å²) >= 11 is 1.13. The third kappa shape index (κ3) is 7.21. The number of carbonyl (C=O) groups is 4. The molecule has 228 valence electrons. The molecule has 1 aromatic heterocycles. The minimum atomic E-state index is -3.83. The van der Waals surface area contributed by atoms with Crippen LogP contribution in [0, 0.1) is 0 Å². The average molecular weight is 628 g/mol. The van der Waals surface area contributed by atoms with Gasteiger partial charge in [-0.1, -0.05) is 37.3 Å². The van der Waals surface area contributed by atoms with Crippen LogP contribution in [0.15, 0.2) is 59.5 Å². The molecular weight excluding hydrogens is 594 g/mol. The van der Waals surface area contributed by atoms with Crippen LogP contribution in [0.3, 0.4) is 0 Å². The number of carbonyl (C=O) groups excluding carboxylic acids is 4. The largest absolute Gasteiger partial charge is 0.450 e. The Morgan fingerprint density at radius 1 is 1.00 bits per heavy atom. The molecule has 0 spiro atoms. The van der Waals surface area contributed by atoms with Crippen LogP contribution in [0.2, 0.25) is 0 Å². The molecule has 14 heteroatoms. The van der Waals surface area contributed by atoms with Gasteiger partial charge in [0.15, 0.2) is 0 Å². The number of rotatable bonds is 9.